The number of nitrogens with zero attached hydrogens (tertiary/aromatic N) is 1. The van der Waals surface area contributed by atoms with Gasteiger partial charge in [-0.05, 0) is 38.1 Å². The molecule has 1 atom stereocenters. The number of carboxylic acid groups (broad SMARTS) is 1. The molecule has 25 heavy (non-hydrogen) atoms. The minimum atomic E-state index is -4.29. The van der Waals surface area contributed by atoms with Crippen LogP contribution in [0.1, 0.15) is 12.5 Å². The lowest BCUT2D eigenvalue weighted by molar-refractivity contribution is -0.155. The number of sulfonamides is 1. The molecule has 1 unspecified atom stereocenters. The summed E-state index contributed by atoms with van der Waals surface area (Å²) in [5, 5.41) is 19.2. The van der Waals surface area contributed by atoms with Gasteiger partial charge in [0.05, 0.1) is 17.1 Å². The van der Waals surface area contributed by atoms with Crippen molar-refractivity contribution in [2.45, 2.75) is 24.3 Å². The maximum absolute atomic E-state index is 14.2. The van der Waals surface area contributed by atoms with Crippen LogP contribution in [0, 0.1) is 12.7 Å². The fourth-order valence-corrected chi connectivity index (χ4v) is 3.70. The van der Waals surface area contributed by atoms with E-state index in [1.54, 1.807) is 19.1 Å². The van der Waals surface area contributed by atoms with E-state index in [2.05, 4.69) is 0 Å². The number of carbonyl (C=O) groups is 1. The molecule has 0 aliphatic rings. The molecule has 2 aromatic rings. The number of halogens is 1. The second-order valence-corrected chi connectivity index (χ2v) is 7.72. The Kier molecular flexibility index (Phi) is 5.15. The van der Waals surface area contributed by atoms with Gasteiger partial charge in [-0.2, -0.15) is 0 Å². The molecule has 6 nitrogen and oxygen atoms in total. The van der Waals surface area contributed by atoms with E-state index in [1.807, 2.05) is 0 Å². The highest BCUT2D eigenvalue weighted by molar-refractivity contribution is 7.92. The van der Waals surface area contributed by atoms with Crippen LogP contribution in [0.3, 0.4) is 0 Å². The minimum absolute atomic E-state index is 0.137. The van der Waals surface area contributed by atoms with E-state index >= 15 is 0 Å². The van der Waals surface area contributed by atoms with Crippen molar-refractivity contribution < 1.29 is 27.8 Å². The Morgan fingerprint density at radius 2 is 1.72 bits per heavy atom. The van der Waals surface area contributed by atoms with Crippen LogP contribution in [-0.2, 0) is 14.8 Å². The van der Waals surface area contributed by atoms with Gasteiger partial charge in [-0.15, -0.1) is 0 Å². The summed E-state index contributed by atoms with van der Waals surface area (Å²) in [4.78, 5) is 11.1. The van der Waals surface area contributed by atoms with Crippen LogP contribution in [0.2, 0.25) is 0 Å². The van der Waals surface area contributed by atoms with Crippen molar-refractivity contribution in [3.63, 3.8) is 0 Å². The summed E-state index contributed by atoms with van der Waals surface area (Å²) < 4.78 is 40.7. The summed E-state index contributed by atoms with van der Waals surface area (Å²) in [7, 11) is -4.29. The largest absolute Gasteiger partial charge is 0.479 e. The minimum Gasteiger partial charge on any atom is -0.479 e. The first kappa shape index (κ1) is 18.9. The normalized spacial score (nSPS) is 13.9. The number of anilines is 1. The lowest BCUT2D eigenvalue weighted by atomic mass is 10.1. The van der Waals surface area contributed by atoms with Crippen molar-refractivity contribution in [3.05, 3.63) is 59.9 Å². The summed E-state index contributed by atoms with van der Waals surface area (Å²) >= 11 is 0. The standard InChI is InChI=1S/C17H18FNO5S/c1-12-7-9-13(10-8-12)25(23,24)19(11-17(2,22)16(20)21)15-6-4-3-5-14(15)18/h3-10,22H,11H2,1-2H3,(H,20,21). The molecule has 2 rings (SSSR count). The molecule has 0 aliphatic heterocycles. The van der Waals surface area contributed by atoms with Crippen LogP contribution >= 0.6 is 0 Å². The van der Waals surface area contributed by atoms with Gasteiger partial charge in [0.15, 0.2) is 5.60 Å². The number of aliphatic carboxylic acids is 1. The second-order valence-electron chi connectivity index (χ2n) is 5.86. The molecule has 0 saturated carbocycles. The van der Waals surface area contributed by atoms with Crippen molar-refractivity contribution in [3.8, 4) is 0 Å². The SMILES string of the molecule is Cc1ccc(S(=O)(=O)N(CC(C)(O)C(=O)O)c2ccccc2F)cc1. The number of hydrogen-bond donors (Lipinski definition) is 2. The average Bonchev–Trinajstić information content (AvgIpc) is 2.53. The maximum atomic E-state index is 14.2. The third-order valence-corrected chi connectivity index (χ3v) is 5.42. The molecule has 0 aliphatic carbocycles. The number of carboxylic acids is 1. The number of hydrogen-bond acceptors (Lipinski definition) is 4. The monoisotopic (exact) mass is 367 g/mol. The maximum Gasteiger partial charge on any atom is 0.337 e. The first-order valence-electron chi connectivity index (χ1n) is 7.35. The molecule has 0 aromatic heterocycles. The van der Waals surface area contributed by atoms with Gasteiger partial charge in [-0.25, -0.2) is 17.6 Å². The van der Waals surface area contributed by atoms with Crippen LogP contribution < -0.4 is 4.31 Å². The zero-order valence-electron chi connectivity index (χ0n) is 13.7. The zero-order chi connectivity index (χ0) is 18.8. The van der Waals surface area contributed by atoms with Crippen molar-refractivity contribution in [1.82, 2.24) is 0 Å². The molecule has 8 heteroatoms. The Labute approximate surface area is 145 Å². The molecular formula is C17H18FNO5S. The van der Waals surface area contributed by atoms with E-state index in [0.29, 0.717) is 4.31 Å². The lowest BCUT2D eigenvalue weighted by Gasteiger charge is -2.30. The van der Waals surface area contributed by atoms with E-state index in [-0.39, 0.29) is 10.6 Å². The van der Waals surface area contributed by atoms with Gasteiger partial charge in [0.1, 0.15) is 5.82 Å². The number of rotatable bonds is 6. The number of aliphatic hydroxyl groups is 1. The van der Waals surface area contributed by atoms with Crippen molar-refractivity contribution in [2.75, 3.05) is 10.8 Å². The van der Waals surface area contributed by atoms with E-state index in [1.165, 1.54) is 30.3 Å². The van der Waals surface area contributed by atoms with Crippen LogP contribution in [0.15, 0.2) is 53.4 Å². The summed E-state index contributed by atoms with van der Waals surface area (Å²) in [5.41, 5.74) is -1.92. The predicted octanol–water partition coefficient (Wildman–Crippen LogP) is 2.17. The molecule has 0 heterocycles. The molecule has 0 bridgehead atoms. The van der Waals surface area contributed by atoms with Crippen LogP contribution in [0.25, 0.3) is 0 Å². The number of benzene rings is 2. The smallest absolute Gasteiger partial charge is 0.337 e. The van der Waals surface area contributed by atoms with Crippen LogP contribution in [-0.4, -0.2) is 36.7 Å². The van der Waals surface area contributed by atoms with Gasteiger partial charge in [0.2, 0.25) is 0 Å². The molecule has 0 saturated heterocycles. The summed E-state index contributed by atoms with van der Waals surface area (Å²) in [6.45, 7) is 1.88. The Morgan fingerprint density at radius 1 is 1.16 bits per heavy atom. The number of aryl methyl sites for hydroxylation is 1. The quantitative estimate of drug-likeness (QED) is 0.816. The zero-order valence-corrected chi connectivity index (χ0v) is 14.5. The third kappa shape index (κ3) is 3.97. The Hall–Kier alpha value is -2.45. The van der Waals surface area contributed by atoms with E-state index in [9.17, 15) is 22.7 Å². The highest BCUT2D eigenvalue weighted by atomic mass is 32.2. The Bertz CT molecular complexity index is 878. The number of para-hydroxylation sites is 1. The Morgan fingerprint density at radius 3 is 2.24 bits per heavy atom. The third-order valence-electron chi connectivity index (χ3n) is 3.64. The van der Waals surface area contributed by atoms with E-state index < -0.39 is 34.0 Å². The first-order valence-corrected chi connectivity index (χ1v) is 8.79. The van der Waals surface area contributed by atoms with Gasteiger partial charge in [-0.3, -0.25) is 4.31 Å². The second kappa shape index (κ2) is 6.81. The van der Waals surface area contributed by atoms with Gasteiger partial charge in [0.25, 0.3) is 10.0 Å². The fraction of sp³-hybridized carbons (Fsp3) is 0.235. The van der Waals surface area contributed by atoms with E-state index in [4.69, 9.17) is 5.11 Å². The van der Waals surface area contributed by atoms with Gasteiger partial charge in [-0.1, -0.05) is 29.8 Å². The molecular weight excluding hydrogens is 349 g/mol. The molecule has 2 aromatic carbocycles. The summed E-state index contributed by atoms with van der Waals surface area (Å²) in [5.74, 6) is -2.47. The van der Waals surface area contributed by atoms with Crippen molar-refractivity contribution in [2.24, 2.45) is 0 Å². The Balaban J connectivity index is 2.60. The van der Waals surface area contributed by atoms with Crippen LogP contribution in [0.4, 0.5) is 10.1 Å². The molecule has 134 valence electrons. The van der Waals surface area contributed by atoms with Crippen molar-refractivity contribution >= 4 is 21.7 Å². The molecule has 0 spiro atoms. The topological polar surface area (TPSA) is 94.9 Å². The van der Waals surface area contributed by atoms with Gasteiger partial charge in [0, 0.05) is 0 Å². The highest BCUT2D eigenvalue weighted by Crippen LogP contribution is 2.28. The first-order chi connectivity index (χ1) is 11.6. The lowest BCUT2D eigenvalue weighted by Crippen LogP contribution is -2.49. The molecule has 0 radical (unpaired) electrons. The average molecular weight is 367 g/mol. The molecule has 2 N–H and O–H groups in total. The summed E-state index contributed by atoms with van der Waals surface area (Å²) in [6.07, 6.45) is 0. The van der Waals surface area contributed by atoms with E-state index in [0.717, 1.165) is 18.6 Å². The van der Waals surface area contributed by atoms with Gasteiger partial charge >= 0.3 is 5.97 Å². The van der Waals surface area contributed by atoms with Gasteiger partial charge < -0.3 is 10.2 Å². The molecule has 0 fully saturated rings. The summed E-state index contributed by atoms with van der Waals surface area (Å²) in [6, 6.07) is 10.9. The highest BCUT2D eigenvalue weighted by Gasteiger charge is 2.38. The van der Waals surface area contributed by atoms with Crippen molar-refractivity contribution in [1.29, 1.82) is 0 Å². The molecule has 0 amide bonds. The predicted molar refractivity (Wildman–Crippen MR) is 90.4 cm³/mol. The van der Waals surface area contributed by atoms with Crippen LogP contribution in [0.5, 0.6) is 0 Å². The fourth-order valence-electron chi connectivity index (χ4n) is 2.14.